The van der Waals surface area contributed by atoms with E-state index in [0.717, 1.165) is 30.2 Å². The molecule has 0 aliphatic carbocycles. The van der Waals surface area contributed by atoms with Crippen molar-refractivity contribution in [2.24, 2.45) is 0 Å². The molecular formula is C13H12ClN3O. The molecule has 2 aromatic rings. The molecule has 0 fully saturated rings. The van der Waals surface area contributed by atoms with Crippen LogP contribution < -0.4 is 9.64 Å². The van der Waals surface area contributed by atoms with Crippen LogP contribution in [0.3, 0.4) is 0 Å². The van der Waals surface area contributed by atoms with Gasteiger partial charge in [0.25, 0.3) is 0 Å². The van der Waals surface area contributed by atoms with Gasteiger partial charge in [0.1, 0.15) is 29.7 Å². The average Bonchev–Trinajstić information content (AvgIpc) is 2.60. The van der Waals surface area contributed by atoms with Crippen molar-refractivity contribution in [2.75, 3.05) is 18.1 Å². The molecule has 1 aromatic heterocycles. The third kappa shape index (κ3) is 2.24. The summed E-state index contributed by atoms with van der Waals surface area (Å²) >= 11 is 5.90. The lowest BCUT2D eigenvalue weighted by atomic mass is 10.2. The van der Waals surface area contributed by atoms with E-state index in [0.29, 0.717) is 11.8 Å². The van der Waals surface area contributed by atoms with Crippen molar-refractivity contribution in [3.63, 3.8) is 0 Å². The summed E-state index contributed by atoms with van der Waals surface area (Å²) in [6, 6.07) is 9.83. The number of nitrogens with zero attached hydrogens (tertiary/aromatic N) is 3. The zero-order valence-corrected chi connectivity index (χ0v) is 10.5. The monoisotopic (exact) mass is 261 g/mol. The van der Waals surface area contributed by atoms with Gasteiger partial charge in [0.15, 0.2) is 0 Å². The van der Waals surface area contributed by atoms with E-state index in [1.807, 2.05) is 18.2 Å². The Bertz CT molecular complexity index is 561. The van der Waals surface area contributed by atoms with E-state index >= 15 is 0 Å². The van der Waals surface area contributed by atoms with Gasteiger partial charge in [0.2, 0.25) is 0 Å². The first kappa shape index (κ1) is 11.3. The van der Waals surface area contributed by atoms with Crippen LogP contribution >= 0.6 is 11.6 Å². The molecule has 1 aliphatic heterocycles. The second-order valence-corrected chi connectivity index (χ2v) is 4.46. The number of ether oxygens (including phenoxy) is 1. The Morgan fingerprint density at radius 1 is 1.22 bits per heavy atom. The summed E-state index contributed by atoms with van der Waals surface area (Å²) < 4.78 is 5.71. The van der Waals surface area contributed by atoms with Crippen molar-refractivity contribution in [3.8, 4) is 5.75 Å². The predicted molar refractivity (Wildman–Crippen MR) is 70.0 cm³/mol. The Morgan fingerprint density at radius 3 is 3.00 bits per heavy atom. The lowest BCUT2D eigenvalue weighted by Crippen LogP contribution is -2.26. The van der Waals surface area contributed by atoms with Gasteiger partial charge in [-0.15, -0.1) is 0 Å². The van der Waals surface area contributed by atoms with Gasteiger partial charge in [-0.2, -0.15) is 0 Å². The molecule has 0 amide bonds. The van der Waals surface area contributed by atoms with Crippen molar-refractivity contribution >= 4 is 17.4 Å². The van der Waals surface area contributed by atoms with E-state index < -0.39 is 0 Å². The summed E-state index contributed by atoms with van der Waals surface area (Å²) in [7, 11) is 0. The number of aromatic nitrogens is 2. The normalized spacial score (nSPS) is 14.6. The second kappa shape index (κ2) is 4.82. The van der Waals surface area contributed by atoms with Crippen LogP contribution in [0.4, 0.5) is 5.82 Å². The summed E-state index contributed by atoms with van der Waals surface area (Å²) in [5.74, 6) is 1.77. The first-order valence-electron chi connectivity index (χ1n) is 5.76. The lowest BCUT2D eigenvalue weighted by Gasteiger charge is -2.20. The van der Waals surface area contributed by atoms with Gasteiger partial charge in [-0.25, -0.2) is 9.97 Å². The molecule has 0 saturated carbocycles. The molecule has 92 valence electrons. The lowest BCUT2D eigenvalue weighted by molar-refractivity contribution is 0.331. The molecule has 0 saturated heterocycles. The van der Waals surface area contributed by atoms with E-state index in [9.17, 15) is 0 Å². The summed E-state index contributed by atoms with van der Waals surface area (Å²) in [6.45, 7) is 2.18. The zero-order valence-electron chi connectivity index (χ0n) is 9.71. The summed E-state index contributed by atoms with van der Waals surface area (Å²) in [5.41, 5.74) is 1.16. The molecule has 0 radical (unpaired) electrons. The average molecular weight is 262 g/mol. The van der Waals surface area contributed by atoms with Crippen molar-refractivity contribution < 1.29 is 4.74 Å². The Kier molecular flexibility index (Phi) is 3.02. The molecule has 0 unspecified atom stereocenters. The topological polar surface area (TPSA) is 38.2 Å². The number of benzene rings is 1. The highest BCUT2D eigenvalue weighted by Crippen LogP contribution is 2.25. The number of para-hydroxylation sites is 1. The molecule has 0 atom stereocenters. The SMILES string of the molecule is Clc1cc(N2CCOc3ccccc3C2)ncn1. The zero-order chi connectivity index (χ0) is 12.4. The maximum atomic E-state index is 5.90. The smallest absolute Gasteiger partial charge is 0.134 e. The van der Waals surface area contributed by atoms with Crippen LogP contribution in [0.25, 0.3) is 0 Å². The number of hydrogen-bond donors (Lipinski definition) is 0. The van der Waals surface area contributed by atoms with Crippen molar-refractivity contribution in [1.82, 2.24) is 9.97 Å². The number of rotatable bonds is 1. The quantitative estimate of drug-likeness (QED) is 0.740. The highest BCUT2D eigenvalue weighted by atomic mass is 35.5. The Balaban J connectivity index is 1.91. The van der Waals surface area contributed by atoms with Crippen LogP contribution in [0.5, 0.6) is 5.75 Å². The Hall–Kier alpha value is -1.81. The van der Waals surface area contributed by atoms with Gasteiger partial charge in [0, 0.05) is 18.2 Å². The number of halogens is 1. The van der Waals surface area contributed by atoms with Crippen LogP contribution in [0, 0.1) is 0 Å². The molecule has 0 bridgehead atoms. The molecule has 1 aromatic carbocycles. The van der Waals surface area contributed by atoms with E-state index in [1.54, 1.807) is 6.07 Å². The van der Waals surface area contributed by atoms with Gasteiger partial charge in [-0.3, -0.25) is 0 Å². The van der Waals surface area contributed by atoms with E-state index in [2.05, 4.69) is 20.9 Å². The van der Waals surface area contributed by atoms with E-state index in [-0.39, 0.29) is 0 Å². The standard InChI is InChI=1S/C13H12ClN3O/c14-12-7-13(16-9-15-12)17-5-6-18-11-4-2-1-3-10(11)8-17/h1-4,7,9H,5-6,8H2. The minimum absolute atomic E-state index is 0.457. The number of fused-ring (bicyclic) bond motifs is 1. The minimum Gasteiger partial charge on any atom is -0.491 e. The molecule has 4 nitrogen and oxygen atoms in total. The Labute approximate surface area is 110 Å². The molecule has 0 spiro atoms. The summed E-state index contributed by atoms with van der Waals surface area (Å²) in [5, 5.41) is 0.457. The molecule has 18 heavy (non-hydrogen) atoms. The molecule has 3 rings (SSSR count). The summed E-state index contributed by atoms with van der Waals surface area (Å²) in [4.78, 5) is 10.3. The molecule has 5 heteroatoms. The third-order valence-corrected chi connectivity index (χ3v) is 3.10. The first-order valence-corrected chi connectivity index (χ1v) is 6.14. The first-order chi connectivity index (χ1) is 8.83. The van der Waals surface area contributed by atoms with Crippen LogP contribution in [0.15, 0.2) is 36.7 Å². The van der Waals surface area contributed by atoms with Gasteiger partial charge in [-0.1, -0.05) is 29.8 Å². The third-order valence-electron chi connectivity index (χ3n) is 2.90. The van der Waals surface area contributed by atoms with Crippen molar-refractivity contribution in [3.05, 3.63) is 47.4 Å². The maximum Gasteiger partial charge on any atom is 0.134 e. The van der Waals surface area contributed by atoms with Gasteiger partial charge in [-0.05, 0) is 6.07 Å². The van der Waals surface area contributed by atoms with E-state index in [4.69, 9.17) is 16.3 Å². The fourth-order valence-corrected chi connectivity index (χ4v) is 2.16. The van der Waals surface area contributed by atoms with E-state index in [1.165, 1.54) is 6.33 Å². The van der Waals surface area contributed by atoms with Crippen LogP contribution in [-0.2, 0) is 6.54 Å². The van der Waals surface area contributed by atoms with Gasteiger partial charge < -0.3 is 9.64 Å². The van der Waals surface area contributed by atoms with Crippen LogP contribution in [-0.4, -0.2) is 23.1 Å². The number of anilines is 1. The van der Waals surface area contributed by atoms with Crippen molar-refractivity contribution in [2.45, 2.75) is 6.54 Å². The highest BCUT2D eigenvalue weighted by molar-refractivity contribution is 6.29. The fourth-order valence-electron chi connectivity index (χ4n) is 2.02. The molecule has 2 heterocycles. The predicted octanol–water partition coefficient (Wildman–Crippen LogP) is 2.53. The second-order valence-electron chi connectivity index (χ2n) is 4.08. The molecular weight excluding hydrogens is 250 g/mol. The fraction of sp³-hybridized carbons (Fsp3) is 0.231. The largest absolute Gasteiger partial charge is 0.491 e. The van der Waals surface area contributed by atoms with Gasteiger partial charge in [0.05, 0.1) is 6.54 Å². The summed E-state index contributed by atoms with van der Waals surface area (Å²) in [6.07, 6.45) is 1.48. The highest BCUT2D eigenvalue weighted by Gasteiger charge is 2.16. The molecule has 1 aliphatic rings. The maximum absolute atomic E-state index is 5.90. The number of hydrogen-bond acceptors (Lipinski definition) is 4. The molecule has 0 N–H and O–H groups in total. The Morgan fingerprint density at radius 2 is 2.11 bits per heavy atom. The van der Waals surface area contributed by atoms with Crippen LogP contribution in [0.2, 0.25) is 5.15 Å². The van der Waals surface area contributed by atoms with Crippen LogP contribution in [0.1, 0.15) is 5.56 Å². The van der Waals surface area contributed by atoms with Crippen molar-refractivity contribution in [1.29, 1.82) is 0 Å². The van der Waals surface area contributed by atoms with Gasteiger partial charge >= 0.3 is 0 Å². The minimum atomic E-state index is 0.457.